The van der Waals surface area contributed by atoms with Gasteiger partial charge >= 0.3 is 5.97 Å². The van der Waals surface area contributed by atoms with E-state index in [-0.39, 0.29) is 11.8 Å². The molecule has 2 N–H and O–H groups in total. The number of aliphatic carboxylic acids is 1. The maximum atomic E-state index is 11.8. The zero-order valence-electron chi connectivity index (χ0n) is 9.98. The summed E-state index contributed by atoms with van der Waals surface area (Å²) in [6, 6.07) is 2.00. The second-order valence-electron chi connectivity index (χ2n) is 4.68. The first kappa shape index (κ1) is 13.5. The van der Waals surface area contributed by atoms with Gasteiger partial charge in [-0.2, -0.15) is 5.26 Å². The van der Waals surface area contributed by atoms with E-state index in [1.54, 1.807) is 0 Å². The Bertz CT molecular complexity index is 335. The van der Waals surface area contributed by atoms with Gasteiger partial charge in [0.25, 0.3) is 0 Å². The van der Waals surface area contributed by atoms with Crippen molar-refractivity contribution in [3.8, 4) is 6.07 Å². The Morgan fingerprint density at radius 1 is 1.41 bits per heavy atom. The van der Waals surface area contributed by atoms with Crippen molar-refractivity contribution in [2.24, 2.45) is 17.8 Å². The van der Waals surface area contributed by atoms with Crippen molar-refractivity contribution >= 4 is 11.9 Å². The number of carboxylic acid groups (broad SMARTS) is 1. The Balaban J connectivity index is 2.44. The van der Waals surface area contributed by atoms with Crippen molar-refractivity contribution in [3.05, 3.63) is 0 Å². The monoisotopic (exact) mass is 238 g/mol. The minimum absolute atomic E-state index is 0.181. The molecule has 0 radical (unpaired) electrons. The van der Waals surface area contributed by atoms with E-state index in [0.717, 1.165) is 0 Å². The van der Waals surface area contributed by atoms with Crippen LogP contribution in [0.5, 0.6) is 0 Å². The lowest BCUT2D eigenvalue weighted by molar-refractivity contribution is -0.146. The summed E-state index contributed by atoms with van der Waals surface area (Å²) in [6.07, 6.45) is 2.23. The number of amides is 1. The molecule has 0 aromatic rings. The molecule has 1 saturated carbocycles. The molecule has 0 aromatic carbocycles. The summed E-state index contributed by atoms with van der Waals surface area (Å²) in [4.78, 5) is 22.8. The molecule has 5 nitrogen and oxygen atoms in total. The lowest BCUT2D eigenvalue weighted by atomic mass is 9.95. The number of carbonyl (C=O) groups is 2. The quantitative estimate of drug-likeness (QED) is 0.703. The van der Waals surface area contributed by atoms with Crippen LogP contribution in [-0.4, -0.2) is 23.5 Å². The van der Waals surface area contributed by atoms with Crippen molar-refractivity contribution in [1.29, 1.82) is 5.26 Å². The first-order valence-corrected chi connectivity index (χ1v) is 5.93. The molecule has 1 fully saturated rings. The zero-order chi connectivity index (χ0) is 12.8. The first-order valence-electron chi connectivity index (χ1n) is 5.93. The Labute approximate surface area is 101 Å². The average molecular weight is 238 g/mol. The summed E-state index contributed by atoms with van der Waals surface area (Å²) < 4.78 is 0. The van der Waals surface area contributed by atoms with Gasteiger partial charge in [-0.3, -0.25) is 9.59 Å². The van der Waals surface area contributed by atoms with Crippen molar-refractivity contribution in [1.82, 2.24) is 5.32 Å². The number of rotatable bonds is 5. The third-order valence-electron chi connectivity index (χ3n) is 3.22. The lowest BCUT2D eigenvalue weighted by Gasteiger charge is -2.15. The third-order valence-corrected chi connectivity index (χ3v) is 3.22. The van der Waals surface area contributed by atoms with Crippen LogP contribution in [0, 0.1) is 29.1 Å². The van der Waals surface area contributed by atoms with E-state index in [4.69, 9.17) is 10.4 Å². The van der Waals surface area contributed by atoms with Crippen LogP contribution < -0.4 is 5.32 Å². The summed E-state index contributed by atoms with van der Waals surface area (Å²) in [7, 11) is 0. The molecule has 1 aliphatic rings. The van der Waals surface area contributed by atoms with E-state index in [2.05, 4.69) is 5.32 Å². The summed E-state index contributed by atoms with van der Waals surface area (Å²) >= 11 is 0. The average Bonchev–Trinajstić information content (AvgIpc) is 2.66. The highest BCUT2D eigenvalue weighted by Gasteiger charge is 2.40. The summed E-state index contributed by atoms with van der Waals surface area (Å²) in [6.45, 7) is 2.42. The molecule has 5 heteroatoms. The Kier molecular flexibility index (Phi) is 4.95. The molecule has 0 heterocycles. The zero-order valence-corrected chi connectivity index (χ0v) is 9.98. The second-order valence-corrected chi connectivity index (χ2v) is 4.68. The number of carbonyl (C=O) groups excluding carboxylic acids is 1. The van der Waals surface area contributed by atoms with Gasteiger partial charge in [-0.25, -0.2) is 0 Å². The SMILES string of the molecule is CC1C[C@H](C(=O)NCCCC#N)[C@H](C(=O)O)C1. The first-order chi connectivity index (χ1) is 8.06. The number of carboxylic acids is 1. The summed E-state index contributed by atoms with van der Waals surface area (Å²) in [5.41, 5.74) is 0. The molecular formula is C12H18N2O3. The van der Waals surface area contributed by atoms with Gasteiger partial charge in [0.15, 0.2) is 0 Å². The molecule has 0 spiro atoms. The fraction of sp³-hybridized carbons (Fsp3) is 0.750. The Hall–Kier alpha value is -1.57. The molecular weight excluding hydrogens is 220 g/mol. The van der Waals surface area contributed by atoms with E-state index in [1.165, 1.54) is 0 Å². The van der Waals surface area contributed by atoms with Gasteiger partial charge in [0.05, 0.1) is 17.9 Å². The smallest absolute Gasteiger partial charge is 0.307 e. The largest absolute Gasteiger partial charge is 0.481 e. The lowest BCUT2D eigenvalue weighted by Crippen LogP contribution is -2.35. The Morgan fingerprint density at radius 2 is 2.06 bits per heavy atom. The molecule has 0 bridgehead atoms. The van der Waals surface area contributed by atoms with Crippen LogP contribution in [0.15, 0.2) is 0 Å². The van der Waals surface area contributed by atoms with Crippen LogP contribution in [0.25, 0.3) is 0 Å². The van der Waals surface area contributed by atoms with Crippen LogP contribution in [0.4, 0.5) is 0 Å². The van der Waals surface area contributed by atoms with Gasteiger partial charge in [0.1, 0.15) is 0 Å². The van der Waals surface area contributed by atoms with Crippen LogP contribution in [0.3, 0.4) is 0 Å². The van der Waals surface area contributed by atoms with Gasteiger partial charge < -0.3 is 10.4 Å². The number of hydrogen-bond acceptors (Lipinski definition) is 3. The van der Waals surface area contributed by atoms with E-state index in [9.17, 15) is 9.59 Å². The van der Waals surface area contributed by atoms with Gasteiger partial charge in [0, 0.05) is 13.0 Å². The second kappa shape index (κ2) is 6.24. The number of unbranched alkanes of at least 4 members (excludes halogenated alkanes) is 1. The molecule has 1 rings (SSSR count). The van der Waals surface area contributed by atoms with Crippen molar-refractivity contribution in [3.63, 3.8) is 0 Å². The maximum absolute atomic E-state index is 11.8. The minimum atomic E-state index is -0.883. The van der Waals surface area contributed by atoms with Crippen molar-refractivity contribution < 1.29 is 14.7 Å². The van der Waals surface area contributed by atoms with Crippen LogP contribution in [0.2, 0.25) is 0 Å². The minimum Gasteiger partial charge on any atom is -0.481 e. The number of nitrogens with zero attached hydrogens (tertiary/aromatic N) is 1. The van der Waals surface area contributed by atoms with Crippen molar-refractivity contribution in [2.75, 3.05) is 6.54 Å². The normalized spacial score (nSPS) is 27.4. The highest BCUT2D eigenvalue weighted by atomic mass is 16.4. The summed E-state index contributed by atoms with van der Waals surface area (Å²) in [5, 5.41) is 20.1. The molecule has 1 unspecified atom stereocenters. The molecule has 3 atom stereocenters. The molecule has 0 aliphatic heterocycles. The third kappa shape index (κ3) is 3.74. The predicted octanol–water partition coefficient (Wildman–Crippen LogP) is 1.15. The maximum Gasteiger partial charge on any atom is 0.307 e. The number of hydrogen-bond donors (Lipinski definition) is 2. The molecule has 0 aromatic heterocycles. The highest BCUT2D eigenvalue weighted by molar-refractivity contribution is 5.85. The number of nitrogens with one attached hydrogen (secondary N) is 1. The van der Waals surface area contributed by atoms with Crippen LogP contribution in [0.1, 0.15) is 32.6 Å². The highest BCUT2D eigenvalue weighted by Crippen LogP contribution is 2.36. The molecule has 94 valence electrons. The molecule has 1 amide bonds. The molecule has 0 saturated heterocycles. The van der Waals surface area contributed by atoms with Gasteiger partial charge in [-0.15, -0.1) is 0 Å². The standard InChI is InChI=1S/C12H18N2O3/c1-8-6-9(10(7-8)12(16)17)11(15)14-5-3-2-4-13/h8-10H,2-3,5-7H2,1H3,(H,14,15)(H,16,17)/t8?,9-,10+/m0/s1. The van der Waals surface area contributed by atoms with E-state index in [0.29, 0.717) is 32.2 Å². The fourth-order valence-electron chi connectivity index (χ4n) is 2.36. The van der Waals surface area contributed by atoms with Crippen molar-refractivity contribution in [2.45, 2.75) is 32.6 Å². The topological polar surface area (TPSA) is 90.2 Å². The predicted molar refractivity (Wildman–Crippen MR) is 60.9 cm³/mol. The van der Waals surface area contributed by atoms with E-state index >= 15 is 0 Å². The van der Waals surface area contributed by atoms with Crippen LogP contribution in [-0.2, 0) is 9.59 Å². The fourth-order valence-corrected chi connectivity index (χ4v) is 2.36. The molecule has 17 heavy (non-hydrogen) atoms. The van der Waals surface area contributed by atoms with Gasteiger partial charge in [0.2, 0.25) is 5.91 Å². The van der Waals surface area contributed by atoms with Gasteiger partial charge in [-0.05, 0) is 25.2 Å². The van der Waals surface area contributed by atoms with Crippen LogP contribution >= 0.6 is 0 Å². The van der Waals surface area contributed by atoms with Gasteiger partial charge in [-0.1, -0.05) is 6.92 Å². The molecule has 1 aliphatic carbocycles. The summed E-state index contributed by atoms with van der Waals surface area (Å²) in [5.74, 6) is -1.75. The number of nitriles is 1. The Morgan fingerprint density at radius 3 is 2.65 bits per heavy atom. The van der Waals surface area contributed by atoms with E-state index in [1.807, 2.05) is 13.0 Å². The van der Waals surface area contributed by atoms with E-state index < -0.39 is 17.8 Å².